The summed E-state index contributed by atoms with van der Waals surface area (Å²) in [4.78, 5) is 12.0. The first kappa shape index (κ1) is 16.8. The topological polar surface area (TPSA) is 70.6 Å². The highest BCUT2D eigenvalue weighted by molar-refractivity contribution is 5.91. The second-order valence-electron chi connectivity index (χ2n) is 5.01. The van der Waals surface area contributed by atoms with Crippen molar-refractivity contribution in [3.8, 4) is 5.75 Å². The molecular formula is C17H19FN2O3. The minimum Gasteiger partial charge on any atom is -0.495 e. The van der Waals surface area contributed by atoms with Crippen molar-refractivity contribution >= 4 is 11.7 Å². The van der Waals surface area contributed by atoms with Crippen LogP contribution in [0.5, 0.6) is 5.75 Å². The molecule has 122 valence electrons. The number of anilines is 1. The first-order valence-electron chi connectivity index (χ1n) is 7.18. The molecule has 0 fully saturated rings. The van der Waals surface area contributed by atoms with Crippen molar-refractivity contribution in [2.24, 2.45) is 0 Å². The van der Waals surface area contributed by atoms with Gasteiger partial charge in [0.15, 0.2) is 0 Å². The minimum atomic E-state index is -0.538. The van der Waals surface area contributed by atoms with E-state index in [1.807, 2.05) is 30.3 Å². The molecule has 2 amide bonds. The lowest BCUT2D eigenvalue weighted by atomic mass is 10.1. The van der Waals surface area contributed by atoms with Crippen molar-refractivity contribution in [2.75, 3.05) is 19.0 Å². The molecule has 0 aromatic heterocycles. The fourth-order valence-corrected chi connectivity index (χ4v) is 2.18. The molecule has 0 aliphatic rings. The zero-order valence-corrected chi connectivity index (χ0v) is 12.8. The van der Waals surface area contributed by atoms with Crippen molar-refractivity contribution in [1.29, 1.82) is 0 Å². The smallest absolute Gasteiger partial charge is 0.319 e. The summed E-state index contributed by atoms with van der Waals surface area (Å²) >= 11 is 0. The van der Waals surface area contributed by atoms with Gasteiger partial charge in [-0.3, -0.25) is 0 Å². The highest BCUT2D eigenvalue weighted by atomic mass is 19.1. The van der Waals surface area contributed by atoms with Gasteiger partial charge in [-0.15, -0.1) is 0 Å². The number of carbonyl (C=O) groups is 1. The molecule has 0 heterocycles. The number of benzene rings is 2. The Bertz CT molecular complexity index is 650. The van der Waals surface area contributed by atoms with E-state index in [-0.39, 0.29) is 12.3 Å². The maximum absolute atomic E-state index is 13.3. The number of hydrogen-bond donors (Lipinski definition) is 3. The van der Waals surface area contributed by atoms with Crippen molar-refractivity contribution in [2.45, 2.75) is 12.5 Å². The molecule has 0 saturated heterocycles. The van der Waals surface area contributed by atoms with E-state index in [4.69, 9.17) is 4.74 Å². The third-order valence-corrected chi connectivity index (χ3v) is 3.29. The fourth-order valence-electron chi connectivity index (χ4n) is 2.18. The predicted octanol–water partition coefficient (Wildman–Crippen LogP) is 2.56. The highest BCUT2D eigenvalue weighted by Crippen LogP contribution is 2.24. The molecule has 3 N–H and O–H groups in total. The highest BCUT2D eigenvalue weighted by Gasteiger charge is 2.14. The number of hydrogen-bond acceptors (Lipinski definition) is 3. The summed E-state index contributed by atoms with van der Waals surface area (Å²) in [6, 6.07) is 12.4. The SMILES string of the molecule is COc1ccc(F)cc1NC(=O)N[C@@H](CO)Cc1ccccc1. The second-order valence-corrected chi connectivity index (χ2v) is 5.01. The van der Waals surface area contributed by atoms with Gasteiger partial charge in [-0.25, -0.2) is 9.18 Å². The molecule has 6 heteroatoms. The molecule has 23 heavy (non-hydrogen) atoms. The van der Waals surface area contributed by atoms with Gasteiger partial charge >= 0.3 is 6.03 Å². The standard InChI is InChI=1S/C17H19FN2O3/c1-23-16-8-7-13(18)10-15(16)20-17(22)19-14(11-21)9-12-5-3-2-4-6-12/h2-8,10,14,21H,9,11H2,1H3,(H2,19,20,22)/t14-/m1/s1. The van der Waals surface area contributed by atoms with Crippen molar-refractivity contribution < 1.29 is 19.0 Å². The van der Waals surface area contributed by atoms with Crippen LogP contribution in [0.1, 0.15) is 5.56 Å². The van der Waals surface area contributed by atoms with E-state index >= 15 is 0 Å². The zero-order chi connectivity index (χ0) is 16.7. The maximum Gasteiger partial charge on any atom is 0.319 e. The van der Waals surface area contributed by atoms with Crippen LogP contribution in [-0.4, -0.2) is 30.9 Å². The van der Waals surface area contributed by atoms with Crippen molar-refractivity contribution in [3.63, 3.8) is 0 Å². The van der Waals surface area contributed by atoms with Crippen LogP contribution in [0.3, 0.4) is 0 Å². The third kappa shape index (κ3) is 4.96. The van der Waals surface area contributed by atoms with Crippen LogP contribution in [0, 0.1) is 5.82 Å². The molecule has 0 saturated carbocycles. The second kappa shape index (κ2) is 8.14. The monoisotopic (exact) mass is 318 g/mol. The van der Waals surface area contributed by atoms with E-state index in [0.717, 1.165) is 5.56 Å². The summed E-state index contributed by atoms with van der Waals surface area (Å²) in [6.07, 6.45) is 0.491. The Kier molecular flexibility index (Phi) is 5.94. The maximum atomic E-state index is 13.3. The van der Waals surface area contributed by atoms with Crippen molar-refractivity contribution in [1.82, 2.24) is 5.32 Å². The Morgan fingerprint density at radius 2 is 2.00 bits per heavy atom. The Morgan fingerprint density at radius 3 is 2.65 bits per heavy atom. The number of carbonyl (C=O) groups excluding carboxylic acids is 1. The molecule has 2 aromatic carbocycles. The van der Waals surface area contributed by atoms with Gasteiger partial charge in [-0.05, 0) is 24.1 Å². The van der Waals surface area contributed by atoms with Crippen LogP contribution in [0.2, 0.25) is 0 Å². The van der Waals surface area contributed by atoms with E-state index in [2.05, 4.69) is 10.6 Å². The summed E-state index contributed by atoms with van der Waals surface area (Å²) in [5.74, 6) is -0.130. The molecule has 0 unspecified atom stereocenters. The number of ether oxygens (including phenoxy) is 1. The summed E-state index contributed by atoms with van der Waals surface area (Å²) in [6.45, 7) is -0.206. The molecule has 0 bridgehead atoms. The quantitative estimate of drug-likeness (QED) is 0.766. The Labute approximate surface area is 134 Å². The number of halogens is 1. The average Bonchev–Trinajstić information content (AvgIpc) is 2.55. The Balaban J connectivity index is 1.99. The summed E-state index contributed by atoms with van der Waals surface area (Å²) in [5.41, 5.74) is 1.22. The van der Waals surface area contributed by atoms with Gasteiger partial charge in [0.2, 0.25) is 0 Å². The number of methoxy groups -OCH3 is 1. The average molecular weight is 318 g/mol. The number of aliphatic hydroxyl groups excluding tert-OH is 1. The molecular weight excluding hydrogens is 299 g/mol. The summed E-state index contributed by atoms with van der Waals surface area (Å²) in [7, 11) is 1.43. The molecule has 0 aliphatic carbocycles. The van der Waals surface area contributed by atoms with Crippen LogP contribution in [0.25, 0.3) is 0 Å². The van der Waals surface area contributed by atoms with Crippen LogP contribution in [0.4, 0.5) is 14.9 Å². The molecule has 2 rings (SSSR count). The van der Waals surface area contributed by atoms with E-state index in [9.17, 15) is 14.3 Å². The number of urea groups is 1. The van der Waals surface area contributed by atoms with E-state index in [1.54, 1.807) is 0 Å². The zero-order valence-electron chi connectivity index (χ0n) is 12.8. The van der Waals surface area contributed by atoms with Gasteiger partial charge in [-0.2, -0.15) is 0 Å². The molecule has 2 aromatic rings. The number of aliphatic hydroxyl groups is 1. The summed E-state index contributed by atoms with van der Waals surface area (Å²) < 4.78 is 18.4. The van der Waals surface area contributed by atoms with Gasteiger partial charge in [-0.1, -0.05) is 30.3 Å². The van der Waals surface area contributed by atoms with Gasteiger partial charge in [0.1, 0.15) is 11.6 Å². The van der Waals surface area contributed by atoms with Crippen molar-refractivity contribution in [3.05, 3.63) is 59.9 Å². The fraction of sp³-hybridized carbons (Fsp3) is 0.235. The normalized spacial score (nSPS) is 11.6. The van der Waals surface area contributed by atoms with Crippen LogP contribution < -0.4 is 15.4 Å². The van der Waals surface area contributed by atoms with E-state index in [1.165, 1.54) is 25.3 Å². The minimum absolute atomic E-state index is 0.206. The lowest BCUT2D eigenvalue weighted by molar-refractivity contribution is 0.224. The first-order valence-corrected chi connectivity index (χ1v) is 7.18. The molecule has 0 spiro atoms. The first-order chi connectivity index (χ1) is 11.1. The summed E-state index contributed by atoms with van der Waals surface area (Å²) in [5, 5.41) is 14.6. The number of rotatable bonds is 6. The lowest BCUT2D eigenvalue weighted by Crippen LogP contribution is -2.41. The van der Waals surface area contributed by atoms with E-state index < -0.39 is 17.9 Å². The Morgan fingerprint density at radius 1 is 1.26 bits per heavy atom. The van der Waals surface area contributed by atoms with Gasteiger partial charge in [0.25, 0.3) is 0 Å². The molecule has 0 radical (unpaired) electrons. The lowest BCUT2D eigenvalue weighted by Gasteiger charge is -2.18. The molecule has 1 atom stereocenters. The molecule has 5 nitrogen and oxygen atoms in total. The van der Waals surface area contributed by atoms with Gasteiger partial charge in [0.05, 0.1) is 25.4 Å². The number of nitrogens with one attached hydrogen (secondary N) is 2. The largest absolute Gasteiger partial charge is 0.495 e. The number of amides is 2. The van der Waals surface area contributed by atoms with Gasteiger partial charge < -0.3 is 20.5 Å². The van der Waals surface area contributed by atoms with Crippen LogP contribution >= 0.6 is 0 Å². The van der Waals surface area contributed by atoms with Crippen LogP contribution in [-0.2, 0) is 6.42 Å². The predicted molar refractivity (Wildman–Crippen MR) is 86.1 cm³/mol. The Hall–Kier alpha value is -2.60. The molecule has 0 aliphatic heterocycles. The van der Waals surface area contributed by atoms with Gasteiger partial charge in [0, 0.05) is 6.07 Å². The van der Waals surface area contributed by atoms with Crippen LogP contribution in [0.15, 0.2) is 48.5 Å². The van der Waals surface area contributed by atoms with E-state index in [0.29, 0.717) is 12.2 Å². The third-order valence-electron chi connectivity index (χ3n) is 3.29.